The van der Waals surface area contributed by atoms with E-state index in [-0.39, 0.29) is 21.8 Å². The fraction of sp³-hybridized carbons (Fsp3) is 0.350. The summed E-state index contributed by atoms with van der Waals surface area (Å²) in [5.41, 5.74) is 0.610. The summed E-state index contributed by atoms with van der Waals surface area (Å²) in [6, 6.07) is 10.4. The highest BCUT2D eigenvalue weighted by Gasteiger charge is 2.23. The van der Waals surface area contributed by atoms with Gasteiger partial charge in [-0.3, -0.25) is 14.9 Å². The molecule has 1 aliphatic heterocycles. The number of nitrogens with one attached hydrogen (secondary N) is 1. The van der Waals surface area contributed by atoms with Gasteiger partial charge in [0.05, 0.1) is 15.5 Å². The maximum absolute atomic E-state index is 12.7. The van der Waals surface area contributed by atoms with Crippen LogP contribution in [0.25, 0.3) is 0 Å². The van der Waals surface area contributed by atoms with E-state index in [1.165, 1.54) is 24.3 Å². The Morgan fingerprint density at radius 1 is 1.07 bits per heavy atom. The molecule has 2 aromatic rings. The van der Waals surface area contributed by atoms with Gasteiger partial charge in [-0.2, -0.15) is 0 Å². The molecule has 0 bridgehead atoms. The summed E-state index contributed by atoms with van der Waals surface area (Å²) in [6.45, 7) is 1.49. The summed E-state index contributed by atoms with van der Waals surface area (Å²) in [6.07, 6.45) is 5.21. The van der Waals surface area contributed by atoms with Crippen molar-refractivity contribution >= 4 is 32.8 Å². The van der Waals surface area contributed by atoms with E-state index in [0.29, 0.717) is 5.69 Å². The Kier molecular flexibility index (Phi) is 6.17. The molecule has 0 spiro atoms. The summed E-state index contributed by atoms with van der Waals surface area (Å²) in [4.78, 5) is 25.8. The Morgan fingerprint density at radius 2 is 1.72 bits per heavy atom. The SMILES string of the molecule is CS(=O)(=O)c1ccccc1NC(=O)c1ccc(N2CCCCCC2)c([N+](=O)[O-])c1. The zero-order valence-electron chi connectivity index (χ0n) is 16.1. The first kappa shape index (κ1) is 20.8. The molecule has 1 N–H and O–H groups in total. The lowest BCUT2D eigenvalue weighted by molar-refractivity contribution is -0.384. The minimum atomic E-state index is -3.54. The van der Waals surface area contributed by atoms with Gasteiger partial charge in [0, 0.05) is 31.0 Å². The second-order valence-electron chi connectivity index (χ2n) is 7.08. The number of carbonyl (C=O) groups is 1. The van der Waals surface area contributed by atoms with Crippen LogP contribution in [0.15, 0.2) is 47.4 Å². The second kappa shape index (κ2) is 8.60. The smallest absolute Gasteiger partial charge is 0.293 e. The molecule has 0 saturated carbocycles. The van der Waals surface area contributed by atoms with Gasteiger partial charge in [-0.15, -0.1) is 0 Å². The number of hydrogen-bond donors (Lipinski definition) is 1. The summed E-state index contributed by atoms with van der Waals surface area (Å²) < 4.78 is 23.8. The molecule has 1 fully saturated rings. The predicted octanol–water partition coefficient (Wildman–Crippen LogP) is 3.63. The summed E-state index contributed by atoms with van der Waals surface area (Å²) in [5, 5.41) is 14.2. The van der Waals surface area contributed by atoms with Crippen molar-refractivity contribution in [3.05, 3.63) is 58.1 Å². The number of sulfone groups is 1. The zero-order chi connectivity index (χ0) is 21.0. The van der Waals surface area contributed by atoms with Gasteiger partial charge in [0.15, 0.2) is 9.84 Å². The fourth-order valence-corrected chi connectivity index (χ4v) is 4.32. The standard InChI is InChI=1S/C20H23N3O5S/c1-29(27,28)19-9-5-4-8-16(19)21-20(24)15-10-11-17(18(14-15)23(25)26)22-12-6-2-3-7-13-22/h4-5,8-11,14H,2-3,6-7,12-13H2,1H3,(H,21,24). The second-order valence-corrected chi connectivity index (χ2v) is 9.07. The number of rotatable bonds is 5. The van der Waals surface area contributed by atoms with Gasteiger partial charge in [-0.1, -0.05) is 25.0 Å². The Bertz CT molecular complexity index is 1030. The van der Waals surface area contributed by atoms with Crippen molar-refractivity contribution in [3.63, 3.8) is 0 Å². The van der Waals surface area contributed by atoms with Crippen LogP contribution in [0.4, 0.5) is 17.1 Å². The normalized spacial score (nSPS) is 14.9. The minimum Gasteiger partial charge on any atom is -0.366 e. The molecule has 1 amide bonds. The highest BCUT2D eigenvalue weighted by atomic mass is 32.2. The molecule has 9 heteroatoms. The number of anilines is 2. The van der Waals surface area contributed by atoms with Gasteiger partial charge in [0.25, 0.3) is 11.6 Å². The molecule has 29 heavy (non-hydrogen) atoms. The summed E-state index contributed by atoms with van der Waals surface area (Å²) in [5.74, 6) is -0.605. The number of para-hydroxylation sites is 1. The molecule has 1 saturated heterocycles. The van der Waals surface area contributed by atoms with Crippen LogP contribution >= 0.6 is 0 Å². The number of nitro groups is 1. The number of nitro benzene ring substituents is 1. The van der Waals surface area contributed by atoms with Crippen molar-refractivity contribution in [3.8, 4) is 0 Å². The minimum absolute atomic E-state index is 0.0102. The van der Waals surface area contributed by atoms with E-state index in [2.05, 4.69) is 5.32 Å². The summed E-state index contributed by atoms with van der Waals surface area (Å²) in [7, 11) is -3.54. The van der Waals surface area contributed by atoms with Crippen molar-refractivity contribution in [1.82, 2.24) is 0 Å². The first-order valence-electron chi connectivity index (χ1n) is 9.41. The average Bonchev–Trinajstić information content (AvgIpc) is 2.96. The van der Waals surface area contributed by atoms with E-state index in [1.54, 1.807) is 18.2 Å². The van der Waals surface area contributed by atoms with Gasteiger partial charge >= 0.3 is 0 Å². The van der Waals surface area contributed by atoms with Crippen molar-refractivity contribution in [2.75, 3.05) is 29.6 Å². The van der Waals surface area contributed by atoms with Crippen molar-refractivity contribution in [1.29, 1.82) is 0 Å². The Labute approximate surface area is 169 Å². The van der Waals surface area contributed by atoms with Gasteiger partial charge in [-0.25, -0.2) is 8.42 Å². The van der Waals surface area contributed by atoms with Gasteiger partial charge in [-0.05, 0) is 37.1 Å². The first-order valence-corrected chi connectivity index (χ1v) is 11.3. The molecule has 1 heterocycles. The van der Waals surface area contributed by atoms with Crippen molar-refractivity contribution in [2.24, 2.45) is 0 Å². The third-order valence-electron chi connectivity index (χ3n) is 4.92. The largest absolute Gasteiger partial charge is 0.366 e. The van der Waals surface area contributed by atoms with Crippen molar-refractivity contribution in [2.45, 2.75) is 30.6 Å². The molecule has 154 valence electrons. The zero-order valence-corrected chi connectivity index (χ0v) is 16.9. The fourth-order valence-electron chi connectivity index (χ4n) is 3.48. The van der Waals surface area contributed by atoms with E-state index < -0.39 is 20.7 Å². The van der Waals surface area contributed by atoms with E-state index in [1.807, 2.05) is 4.90 Å². The van der Waals surface area contributed by atoms with Crippen molar-refractivity contribution < 1.29 is 18.1 Å². The van der Waals surface area contributed by atoms with Crippen LogP contribution in [-0.2, 0) is 9.84 Å². The van der Waals surface area contributed by atoms with Crippen LogP contribution in [0.1, 0.15) is 36.0 Å². The highest BCUT2D eigenvalue weighted by Crippen LogP contribution is 2.31. The number of nitrogens with zero attached hydrogens (tertiary/aromatic N) is 2. The maximum Gasteiger partial charge on any atom is 0.293 e. The van der Waals surface area contributed by atoms with E-state index in [9.17, 15) is 23.3 Å². The first-order chi connectivity index (χ1) is 13.8. The van der Waals surface area contributed by atoms with Gasteiger partial charge in [0.2, 0.25) is 0 Å². The molecule has 8 nitrogen and oxygen atoms in total. The van der Waals surface area contributed by atoms with Crippen LogP contribution < -0.4 is 10.2 Å². The molecule has 0 radical (unpaired) electrons. The molecule has 3 rings (SSSR count). The lowest BCUT2D eigenvalue weighted by Gasteiger charge is -2.22. The van der Waals surface area contributed by atoms with E-state index in [4.69, 9.17) is 0 Å². The van der Waals surface area contributed by atoms with Crippen LogP contribution in [0.2, 0.25) is 0 Å². The molecular formula is C20H23N3O5S. The Morgan fingerprint density at radius 3 is 2.34 bits per heavy atom. The monoisotopic (exact) mass is 417 g/mol. The Balaban J connectivity index is 1.91. The number of benzene rings is 2. The molecule has 0 atom stereocenters. The van der Waals surface area contributed by atoms with Gasteiger partial charge < -0.3 is 10.2 Å². The van der Waals surface area contributed by atoms with Crippen LogP contribution in [-0.4, -0.2) is 38.6 Å². The highest BCUT2D eigenvalue weighted by molar-refractivity contribution is 7.90. The van der Waals surface area contributed by atoms with E-state index in [0.717, 1.165) is 45.0 Å². The molecule has 0 unspecified atom stereocenters. The maximum atomic E-state index is 12.7. The third kappa shape index (κ3) is 4.92. The number of carbonyl (C=O) groups excluding carboxylic acids is 1. The quantitative estimate of drug-likeness (QED) is 0.588. The summed E-state index contributed by atoms with van der Waals surface area (Å²) >= 11 is 0. The number of amides is 1. The molecule has 0 aromatic heterocycles. The van der Waals surface area contributed by atoms with Crippen LogP contribution in [0.3, 0.4) is 0 Å². The molecule has 2 aromatic carbocycles. The topological polar surface area (TPSA) is 110 Å². The average molecular weight is 417 g/mol. The molecular weight excluding hydrogens is 394 g/mol. The van der Waals surface area contributed by atoms with Crippen LogP contribution in [0.5, 0.6) is 0 Å². The predicted molar refractivity (Wildman–Crippen MR) is 111 cm³/mol. The van der Waals surface area contributed by atoms with Gasteiger partial charge in [0.1, 0.15) is 5.69 Å². The molecule has 1 aliphatic rings. The number of hydrogen-bond acceptors (Lipinski definition) is 6. The van der Waals surface area contributed by atoms with Crippen LogP contribution in [0, 0.1) is 10.1 Å². The van der Waals surface area contributed by atoms with E-state index >= 15 is 0 Å². The third-order valence-corrected chi connectivity index (χ3v) is 6.07. The lowest BCUT2D eigenvalue weighted by atomic mass is 10.1. The molecule has 0 aliphatic carbocycles. The Hall–Kier alpha value is -2.94. The lowest BCUT2D eigenvalue weighted by Crippen LogP contribution is -2.25.